The van der Waals surface area contributed by atoms with Gasteiger partial charge in [0.15, 0.2) is 0 Å². The van der Waals surface area contributed by atoms with Gasteiger partial charge in [0.05, 0.1) is 0 Å². The summed E-state index contributed by atoms with van der Waals surface area (Å²) in [7, 11) is 0. The van der Waals surface area contributed by atoms with Crippen molar-refractivity contribution in [3.63, 3.8) is 0 Å². The molecule has 0 radical (unpaired) electrons. The normalized spacial score (nSPS) is 23.5. The van der Waals surface area contributed by atoms with Crippen LogP contribution >= 0.6 is 0 Å². The summed E-state index contributed by atoms with van der Waals surface area (Å²) in [4.78, 5) is 0. The molecule has 0 amide bonds. The molecule has 2 N–H and O–H groups in total. The number of allylic oxidation sites excluding steroid dienone is 10. The van der Waals surface area contributed by atoms with Gasteiger partial charge in [-0.3, -0.25) is 0 Å². The molecular formula is C38H70O. The van der Waals surface area contributed by atoms with Crippen LogP contribution < -0.4 is 0 Å². The van der Waals surface area contributed by atoms with Crippen LogP contribution in [0.3, 0.4) is 0 Å². The van der Waals surface area contributed by atoms with Gasteiger partial charge in [-0.05, 0) is 101 Å². The zero-order valence-corrected chi connectivity index (χ0v) is 28.4. The predicted molar refractivity (Wildman–Crippen MR) is 180 cm³/mol. The lowest BCUT2D eigenvalue weighted by molar-refractivity contribution is 0.241. The fourth-order valence-electron chi connectivity index (χ4n) is 5.00. The molecule has 0 aliphatic heterocycles. The Morgan fingerprint density at radius 2 is 1.49 bits per heavy atom. The minimum Gasteiger partial charge on any atom is -0.412 e. The maximum absolute atomic E-state index is 2.50. The van der Waals surface area contributed by atoms with E-state index in [1.807, 2.05) is 0 Å². The standard InChI is InChI=1S/C22H36.C13H24.C3H8.H2O/c1-8-9-10-18(2)17-20-12-14-22(6,7)16-15-21(4,5)13-11-19(20)3;1-3-5-6-7-8-13-10-9-12(4-2)11-13;1-3-2;/h8-12H,13-17H2,1-7H3;10,12H,3-9,11H2,1-2H3;3H2,1-2H3;1H2/b9-8+,18-10+,19-11-,20-12-;;;. The summed E-state index contributed by atoms with van der Waals surface area (Å²) in [6.45, 7) is 25.1. The molecule has 0 bridgehead atoms. The summed E-state index contributed by atoms with van der Waals surface area (Å²) in [5, 5.41) is 0. The van der Waals surface area contributed by atoms with Gasteiger partial charge in [-0.15, -0.1) is 0 Å². The van der Waals surface area contributed by atoms with Crippen LogP contribution in [0, 0.1) is 16.7 Å². The molecular weight excluding hydrogens is 472 g/mol. The lowest BCUT2D eigenvalue weighted by atomic mass is 9.74. The molecule has 2 rings (SSSR count). The summed E-state index contributed by atoms with van der Waals surface area (Å²) in [5.41, 5.74) is 7.00. The molecule has 2 aliphatic rings. The van der Waals surface area contributed by atoms with E-state index in [9.17, 15) is 0 Å². The fourth-order valence-corrected chi connectivity index (χ4v) is 5.00. The topological polar surface area (TPSA) is 31.5 Å². The lowest BCUT2D eigenvalue weighted by Gasteiger charge is -2.31. The molecule has 1 atom stereocenters. The van der Waals surface area contributed by atoms with Crippen molar-refractivity contribution in [2.75, 3.05) is 0 Å². The van der Waals surface area contributed by atoms with Gasteiger partial charge in [0.25, 0.3) is 0 Å². The Bertz CT molecular complexity index is 769. The highest BCUT2D eigenvalue weighted by atomic mass is 16.0. The summed E-state index contributed by atoms with van der Waals surface area (Å²) >= 11 is 0. The number of hydrogen-bond donors (Lipinski definition) is 0. The average molecular weight is 543 g/mol. The fraction of sp³-hybridized carbons (Fsp3) is 0.737. The van der Waals surface area contributed by atoms with Crippen molar-refractivity contribution < 1.29 is 5.48 Å². The second-order valence-electron chi connectivity index (χ2n) is 13.7. The molecule has 0 aromatic carbocycles. The van der Waals surface area contributed by atoms with E-state index in [1.54, 1.807) is 5.57 Å². The first-order chi connectivity index (χ1) is 17.9. The molecule has 1 unspecified atom stereocenters. The first kappa shape index (κ1) is 39.8. The number of rotatable bonds is 9. The quantitative estimate of drug-likeness (QED) is 0.158. The van der Waals surface area contributed by atoms with E-state index in [2.05, 4.69) is 113 Å². The zero-order valence-electron chi connectivity index (χ0n) is 28.4. The smallest absolute Gasteiger partial charge is 0.00674 e. The van der Waals surface area contributed by atoms with Gasteiger partial charge in [0, 0.05) is 0 Å². The molecule has 228 valence electrons. The van der Waals surface area contributed by atoms with E-state index in [1.165, 1.54) is 100 Å². The molecule has 0 fully saturated rings. The van der Waals surface area contributed by atoms with Crippen molar-refractivity contribution in [1.82, 2.24) is 0 Å². The maximum Gasteiger partial charge on any atom is -0.00674 e. The van der Waals surface area contributed by atoms with Gasteiger partial charge >= 0.3 is 0 Å². The van der Waals surface area contributed by atoms with Crippen molar-refractivity contribution in [3.8, 4) is 0 Å². The minimum atomic E-state index is 0. The summed E-state index contributed by atoms with van der Waals surface area (Å²) in [5.74, 6) is 0.987. The lowest BCUT2D eigenvalue weighted by Crippen LogP contribution is -2.18. The number of hydrogen-bond acceptors (Lipinski definition) is 0. The highest BCUT2D eigenvalue weighted by Crippen LogP contribution is 2.38. The average Bonchev–Trinajstić information content (AvgIpc) is 3.34. The Morgan fingerprint density at radius 3 is 2.00 bits per heavy atom. The van der Waals surface area contributed by atoms with Crippen molar-refractivity contribution >= 4 is 0 Å². The molecule has 2 aliphatic carbocycles. The molecule has 1 nitrogen and oxygen atoms in total. The van der Waals surface area contributed by atoms with Crippen LogP contribution in [0.5, 0.6) is 0 Å². The van der Waals surface area contributed by atoms with Gasteiger partial charge in [0.2, 0.25) is 0 Å². The van der Waals surface area contributed by atoms with Crippen LogP contribution in [0.2, 0.25) is 0 Å². The van der Waals surface area contributed by atoms with Crippen LogP contribution in [0.4, 0.5) is 0 Å². The Kier molecular flexibility index (Phi) is 22.8. The monoisotopic (exact) mass is 543 g/mol. The van der Waals surface area contributed by atoms with E-state index in [4.69, 9.17) is 0 Å². The van der Waals surface area contributed by atoms with Crippen LogP contribution in [-0.2, 0) is 0 Å². The summed E-state index contributed by atoms with van der Waals surface area (Å²) in [6.07, 6.45) is 32.4. The van der Waals surface area contributed by atoms with Crippen molar-refractivity contribution in [1.29, 1.82) is 0 Å². The summed E-state index contributed by atoms with van der Waals surface area (Å²) in [6, 6.07) is 0. The third-order valence-electron chi connectivity index (χ3n) is 8.11. The van der Waals surface area contributed by atoms with Crippen LogP contribution in [0.25, 0.3) is 0 Å². The second-order valence-corrected chi connectivity index (χ2v) is 13.7. The SMILES string of the molecule is C/C=C/C=C(\C)CC1=C/CC(C)(C)CCC(C)(C)C/C=C\1C.CCC.CCCCCCC1=CCC(CC)C1.O. The van der Waals surface area contributed by atoms with Gasteiger partial charge in [0.1, 0.15) is 0 Å². The molecule has 0 spiro atoms. The first-order valence-corrected chi connectivity index (χ1v) is 16.3. The Morgan fingerprint density at radius 1 is 0.897 bits per heavy atom. The van der Waals surface area contributed by atoms with Gasteiger partial charge in [-0.1, -0.05) is 141 Å². The zero-order chi connectivity index (χ0) is 29.0. The molecule has 39 heavy (non-hydrogen) atoms. The van der Waals surface area contributed by atoms with E-state index < -0.39 is 0 Å². The predicted octanol–water partition coefficient (Wildman–Crippen LogP) is 12.7. The summed E-state index contributed by atoms with van der Waals surface area (Å²) < 4.78 is 0. The van der Waals surface area contributed by atoms with Crippen molar-refractivity contribution in [2.45, 2.75) is 166 Å². The molecule has 0 saturated heterocycles. The Hall–Kier alpha value is -1.34. The highest BCUT2D eigenvalue weighted by Gasteiger charge is 2.24. The van der Waals surface area contributed by atoms with Crippen molar-refractivity contribution in [3.05, 3.63) is 58.7 Å². The Labute approximate surface area is 246 Å². The highest BCUT2D eigenvalue weighted by molar-refractivity contribution is 5.34. The van der Waals surface area contributed by atoms with Gasteiger partial charge in [-0.25, -0.2) is 0 Å². The van der Waals surface area contributed by atoms with Crippen molar-refractivity contribution in [2.24, 2.45) is 16.7 Å². The van der Waals surface area contributed by atoms with Crippen LogP contribution in [0.1, 0.15) is 166 Å². The van der Waals surface area contributed by atoms with E-state index >= 15 is 0 Å². The third kappa shape index (κ3) is 20.2. The largest absolute Gasteiger partial charge is 0.412 e. The van der Waals surface area contributed by atoms with Gasteiger partial charge < -0.3 is 5.48 Å². The molecule has 0 saturated carbocycles. The van der Waals surface area contributed by atoms with E-state index in [-0.39, 0.29) is 5.48 Å². The minimum absolute atomic E-state index is 0. The maximum atomic E-state index is 2.50. The van der Waals surface area contributed by atoms with Gasteiger partial charge in [-0.2, -0.15) is 0 Å². The van der Waals surface area contributed by atoms with Crippen LogP contribution in [-0.4, -0.2) is 5.48 Å². The molecule has 0 aromatic rings. The third-order valence-corrected chi connectivity index (χ3v) is 8.11. The van der Waals surface area contributed by atoms with Crippen LogP contribution in [0.15, 0.2) is 58.7 Å². The van der Waals surface area contributed by atoms with E-state index in [0.717, 1.165) is 12.3 Å². The molecule has 1 heteroatoms. The first-order valence-electron chi connectivity index (χ1n) is 16.3. The molecule has 0 aromatic heterocycles. The number of unbranched alkanes of at least 4 members (excludes halogenated alkanes) is 3. The molecule has 0 heterocycles. The van der Waals surface area contributed by atoms with E-state index in [0.29, 0.717) is 10.8 Å². The Balaban J connectivity index is 0. The second kappa shape index (κ2) is 22.4.